The fourth-order valence-corrected chi connectivity index (χ4v) is 9.03. The highest BCUT2D eigenvalue weighted by atomic mass is 16.5. The molecule has 0 fully saturated rings. The lowest BCUT2D eigenvalue weighted by Gasteiger charge is -2.20. The van der Waals surface area contributed by atoms with Gasteiger partial charge in [-0.3, -0.25) is 9.59 Å². The number of amides is 1. The monoisotopic (exact) mass is 942 g/mol. The maximum absolute atomic E-state index is 12.5. The summed E-state index contributed by atoms with van der Waals surface area (Å²) in [5, 5.41) is 23.1. The zero-order valence-electron chi connectivity index (χ0n) is 44.9. The number of aliphatic hydroxyl groups is 2. The van der Waals surface area contributed by atoms with E-state index in [9.17, 15) is 19.8 Å². The molecule has 3 N–H and O–H groups in total. The third kappa shape index (κ3) is 53.3. The van der Waals surface area contributed by atoms with Gasteiger partial charge in [0.05, 0.1) is 25.4 Å². The van der Waals surface area contributed by atoms with Crippen LogP contribution in [-0.2, 0) is 14.3 Å². The van der Waals surface area contributed by atoms with E-state index in [0.717, 1.165) is 51.4 Å². The predicted octanol–water partition coefficient (Wildman–Crippen LogP) is 18.4. The fourth-order valence-electron chi connectivity index (χ4n) is 9.03. The first-order valence-electron chi connectivity index (χ1n) is 29.8. The van der Waals surface area contributed by atoms with E-state index in [1.165, 1.54) is 238 Å². The molecule has 0 heterocycles. The molecule has 6 nitrogen and oxygen atoms in total. The van der Waals surface area contributed by atoms with Crippen molar-refractivity contribution in [2.45, 2.75) is 328 Å². The van der Waals surface area contributed by atoms with Crippen LogP contribution in [-0.4, -0.2) is 47.4 Å². The second-order valence-corrected chi connectivity index (χ2v) is 20.3. The number of hydrogen-bond donors (Lipinski definition) is 3. The van der Waals surface area contributed by atoms with E-state index >= 15 is 0 Å². The average molecular weight is 943 g/mol. The molecule has 394 valence electrons. The summed E-state index contributed by atoms with van der Waals surface area (Å²) in [4.78, 5) is 24.5. The number of carbonyl (C=O) groups is 2. The van der Waals surface area contributed by atoms with Crippen LogP contribution in [0, 0.1) is 0 Å². The summed E-state index contributed by atoms with van der Waals surface area (Å²) in [6, 6.07) is -0.636. The molecule has 0 radical (unpaired) electrons. The van der Waals surface area contributed by atoms with Crippen LogP contribution in [0.1, 0.15) is 316 Å². The van der Waals surface area contributed by atoms with Crippen LogP contribution in [0.5, 0.6) is 0 Å². The molecule has 2 atom stereocenters. The molecule has 6 heteroatoms. The number of esters is 1. The van der Waals surface area contributed by atoms with Crippen LogP contribution in [0.15, 0.2) is 36.5 Å². The van der Waals surface area contributed by atoms with Gasteiger partial charge in [0, 0.05) is 12.8 Å². The van der Waals surface area contributed by atoms with Gasteiger partial charge in [-0.2, -0.15) is 0 Å². The maximum atomic E-state index is 12.5. The number of allylic oxidation sites excluding steroid dienone is 5. The van der Waals surface area contributed by atoms with E-state index in [2.05, 4.69) is 43.5 Å². The second kappa shape index (κ2) is 56.7. The fraction of sp³-hybridized carbons (Fsp3) is 0.869. The topological polar surface area (TPSA) is 95.9 Å². The molecule has 0 saturated heterocycles. The van der Waals surface area contributed by atoms with Crippen LogP contribution >= 0.6 is 0 Å². The predicted molar refractivity (Wildman–Crippen MR) is 292 cm³/mol. The van der Waals surface area contributed by atoms with Crippen molar-refractivity contribution in [3.8, 4) is 0 Å². The van der Waals surface area contributed by atoms with E-state index in [4.69, 9.17) is 4.74 Å². The molecule has 0 aliphatic carbocycles. The van der Waals surface area contributed by atoms with E-state index in [1.807, 2.05) is 6.08 Å². The van der Waals surface area contributed by atoms with Gasteiger partial charge in [-0.15, -0.1) is 0 Å². The van der Waals surface area contributed by atoms with Crippen LogP contribution in [0.25, 0.3) is 0 Å². The normalized spacial score (nSPS) is 12.8. The minimum Gasteiger partial charge on any atom is -0.466 e. The van der Waals surface area contributed by atoms with Gasteiger partial charge in [0.25, 0.3) is 0 Å². The molecular weight excluding hydrogens is 827 g/mol. The Morgan fingerprint density at radius 2 is 0.701 bits per heavy atom. The first kappa shape index (κ1) is 65.1. The Hall–Kier alpha value is -1.92. The summed E-state index contributed by atoms with van der Waals surface area (Å²) < 4.78 is 5.46. The number of nitrogens with one attached hydrogen (secondary N) is 1. The molecule has 0 bridgehead atoms. The number of rotatable bonds is 55. The summed E-state index contributed by atoms with van der Waals surface area (Å²) in [6.07, 6.45) is 70.2. The Morgan fingerprint density at radius 3 is 1.07 bits per heavy atom. The zero-order chi connectivity index (χ0) is 48.6. The van der Waals surface area contributed by atoms with Crippen molar-refractivity contribution in [1.29, 1.82) is 0 Å². The van der Waals surface area contributed by atoms with E-state index in [-0.39, 0.29) is 18.5 Å². The lowest BCUT2D eigenvalue weighted by molar-refractivity contribution is -0.143. The highest BCUT2D eigenvalue weighted by molar-refractivity contribution is 5.76. The Balaban J connectivity index is 3.48. The molecule has 0 aromatic rings. The second-order valence-electron chi connectivity index (χ2n) is 20.3. The van der Waals surface area contributed by atoms with Crippen molar-refractivity contribution < 1.29 is 24.5 Å². The third-order valence-corrected chi connectivity index (χ3v) is 13.6. The van der Waals surface area contributed by atoms with Crippen molar-refractivity contribution >= 4 is 11.9 Å². The van der Waals surface area contributed by atoms with Gasteiger partial charge in [0.1, 0.15) is 0 Å². The van der Waals surface area contributed by atoms with Crippen molar-refractivity contribution in [2.24, 2.45) is 0 Å². The summed E-state index contributed by atoms with van der Waals surface area (Å²) in [5.41, 5.74) is 0. The number of ether oxygens (including phenoxy) is 1. The zero-order valence-corrected chi connectivity index (χ0v) is 44.9. The molecule has 0 aliphatic rings. The quantitative estimate of drug-likeness (QED) is 0.0321. The molecule has 0 spiro atoms. The first-order chi connectivity index (χ1) is 33.0. The number of unbranched alkanes of at least 4 members (excludes halogenated alkanes) is 40. The summed E-state index contributed by atoms with van der Waals surface area (Å²) in [5.74, 6) is -0.0824. The number of aliphatic hydroxyl groups excluding tert-OH is 2. The summed E-state index contributed by atoms with van der Waals surface area (Å²) in [6.45, 7) is 4.88. The molecule has 67 heavy (non-hydrogen) atoms. The van der Waals surface area contributed by atoms with E-state index < -0.39 is 12.1 Å². The molecule has 1 amide bonds. The highest BCUT2D eigenvalue weighted by Crippen LogP contribution is 2.16. The Morgan fingerprint density at radius 1 is 0.403 bits per heavy atom. The lowest BCUT2D eigenvalue weighted by atomic mass is 10.0. The molecule has 0 saturated carbocycles. The van der Waals surface area contributed by atoms with Crippen LogP contribution < -0.4 is 5.32 Å². The Bertz CT molecular complexity index is 1090. The van der Waals surface area contributed by atoms with Gasteiger partial charge < -0.3 is 20.3 Å². The lowest BCUT2D eigenvalue weighted by Crippen LogP contribution is -2.45. The van der Waals surface area contributed by atoms with Crippen molar-refractivity contribution in [3.05, 3.63) is 36.5 Å². The molecule has 0 aliphatic heterocycles. The van der Waals surface area contributed by atoms with Crippen LogP contribution in [0.3, 0.4) is 0 Å². The van der Waals surface area contributed by atoms with Gasteiger partial charge in [-0.25, -0.2) is 0 Å². The average Bonchev–Trinajstić information content (AvgIpc) is 3.33. The van der Waals surface area contributed by atoms with Gasteiger partial charge in [-0.05, 0) is 83.5 Å². The molecule has 0 aromatic heterocycles. The van der Waals surface area contributed by atoms with Gasteiger partial charge >= 0.3 is 5.97 Å². The maximum Gasteiger partial charge on any atom is 0.305 e. The standard InChI is InChI=1S/C61H115NO5/c1-3-5-7-9-11-13-15-17-18-19-23-26-30-33-37-41-45-49-53-59(64)58(57-63)62-60(65)54-50-46-42-38-34-31-27-24-21-20-22-25-28-32-36-40-44-48-52-56-67-61(66)55-51-47-43-39-35-29-16-14-12-10-8-6-4-2/h14,16,20-21,49,53,58-59,63-64H,3-13,15,17-19,22-48,50-52,54-57H2,1-2H3,(H,62,65)/b16-14-,21-20-,53-49+. The Kier molecular flexibility index (Phi) is 55.0. The van der Waals surface area contributed by atoms with Gasteiger partial charge in [-0.1, -0.05) is 256 Å². The largest absolute Gasteiger partial charge is 0.466 e. The van der Waals surface area contributed by atoms with Crippen LogP contribution in [0.2, 0.25) is 0 Å². The molecule has 0 aromatic carbocycles. The van der Waals surface area contributed by atoms with Gasteiger partial charge in [0.2, 0.25) is 5.91 Å². The molecule has 0 rings (SSSR count). The summed E-state index contributed by atoms with van der Waals surface area (Å²) >= 11 is 0. The van der Waals surface area contributed by atoms with E-state index in [1.54, 1.807) is 6.08 Å². The molecular formula is C61H115NO5. The van der Waals surface area contributed by atoms with Crippen molar-refractivity contribution in [1.82, 2.24) is 5.32 Å². The van der Waals surface area contributed by atoms with Crippen molar-refractivity contribution in [2.75, 3.05) is 13.2 Å². The van der Waals surface area contributed by atoms with E-state index in [0.29, 0.717) is 19.4 Å². The Labute approximate surface area is 417 Å². The minimum atomic E-state index is -0.851. The first-order valence-corrected chi connectivity index (χ1v) is 29.8. The highest BCUT2D eigenvalue weighted by Gasteiger charge is 2.18. The van der Waals surface area contributed by atoms with Crippen LogP contribution in [0.4, 0.5) is 0 Å². The number of carbonyl (C=O) groups excluding carboxylic acids is 2. The van der Waals surface area contributed by atoms with Gasteiger partial charge in [0.15, 0.2) is 0 Å². The number of hydrogen-bond acceptors (Lipinski definition) is 5. The third-order valence-electron chi connectivity index (χ3n) is 13.6. The smallest absolute Gasteiger partial charge is 0.305 e. The minimum absolute atomic E-state index is 0.00616. The molecule has 2 unspecified atom stereocenters. The van der Waals surface area contributed by atoms with Crippen molar-refractivity contribution in [3.63, 3.8) is 0 Å². The summed E-state index contributed by atoms with van der Waals surface area (Å²) in [7, 11) is 0. The SMILES string of the molecule is CCCCCC/C=C\CCCCCCCC(=O)OCCCCCCCCCC/C=C\CCCCCCCCCC(=O)NC(CO)C(O)/C=C/CCCCCCCCCCCCCCCCCC.